The van der Waals surface area contributed by atoms with Gasteiger partial charge in [-0.1, -0.05) is 31.2 Å². The first-order valence-electron chi connectivity index (χ1n) is 9.24. The Hall–Kier alpha value is -1.39. The highest BCUT2D eigenvalue weighted by Gasteiger charge is 2.34. The summed E-state index contributed by atoms with van der Waals surface area (Å²) in [6.45, 7) is 4.80. The Labute approximate surface area is 144 Å². The van der Waals surface area contributed by atoms with Crippen molar-refractivity contribution in [3.8, 4) is 0 Å². The van der Waals surface area contributed by atoms with Gasteiger partial charge < -0.3 is 14.8 Å². The van der Waals surface area contributed by atoms with Gasteiger partial charge in [0, 0.05) is 26.4 Å². The fourth-order valence-corrected chi connectivity index (χ4v) is 3.64. The summed E-state index contributed by atoms with van der Waals surface area (Å²) >= 11 is 0. The summed E-state index contributed by atoms with van der Waals surface area (Å²) in [5, 5.41) is 3.08. The molecule has 3 rings (SSSR count). The number of carbonyl (C=O) groups is 1. The molecule has 1 heterocycles. The topological polar surface area (TPSA) is 47.6 Å². The number of nitrogens with one attached hydrogen (secondary N) is 1. The van der Waals surface area contributed by atoms with Crippen LogP contribution in [0.15, 0.2) is 24.3 Å². The molecule has 0 bridgehead atoms. The van der Waals surface area contributed by atoms with Gasteiger partial charge in [-0.2, -0.15) is 0 Å². The van der Waals surface area contributed by atoms with Crippen molar-refractivity contribution in [2.45, 2.75) is 51.6 Å². The van der Waals surface area contributed by atoms with Crippen LogP contribution in [0.2, 0.25) is 0 Å². The zero-order valence-corrected chi connectivity index (χ0v) is 14.7. The first-order valence-corrected chi connectivity index (χ1v) is 9.24. The highest BCUT2D eigenvalue weighted by Crippen LogP contribution is 2.32. The van der Waals surface area contributed by atoms with Crippen LogP contribution in [0.1, 0.15) is 56.3 Å². The quantitative estimate of drug-likeness (QED) is 0.813. The Morgan fingerprint density at radius 3 is 2.96 bits per heavy atom. The second kappa shape index (κ2) is 8.13. The third kappa shape index (κ3) is 4.17. The van der Waals surface area contributed by atoms with Crippen LogP contribution in [-0.2, 0) is 20.7 Å². The number of hydrogen-bond donors (Lipinski definition) is 1. The molecular weight excluding hydrogens is 302 g/mol. The Bertz CT molecular complexity index is 552. The predicted molar refractivity (Wildman–Crippen MR) is 93.9 cm³/mol. The number of fused-ring (bicyclic) bond motifs is 1. The number of hydrogen-bond acceptors (Lipinski definition) is 3. The molecule has 1 amide bonds. The van der Waals surface area contributed by atoms with E-state index in [1.807, 2.05) is 6.92 Å². The minimum absolute atomic E-state index is 0.161. The summed E-state index contributed by atoms with van der Waals surface area (Å²) < 4.78 is 11.4. The van der Waals surface area contributed by atoms with E-state index in [2.05, 4.69) is 29.6 Å². The van der Waals surface area contributed by atoms with Gasteiger partial charge in [-0.05, 0) is 49.7 Å². The van der Waals surface area contributed by atoms with E-state index >= 15 is 0 Å². The van der Waals surface area contributed by atoms with E-state index < -0.39 is 0 Å². The number of aryl methyl sites for hydroxylation is 1. The zero-order chi connectivity index (χ0) is 16.8. The molecule has 4 nitrogen and oxygen atoms in total. The van der Waals surface area contributed by atoms with E-state index in [0.29, 0.717) is 26.4 Å². The molecule has 0 spiro atoms. The Morgan fingerprint density at radius 1 is 1.33 bits per heavy atom. The molecule has 1 saturated heterocycles. The van der Waals surface area contributed by atoms with Gasteiger partial charge in [-0.25, -0.2) is 0 Å². The Balaban J connectivity index is 1.38. The van der Waals surface area contributed by atoms with Crippen molar-refractivity contribution in [2.24, 2.45) is 5.41 Å². The molecule has 1 unspecified atom stereocenters. The smallest absolute Gasteiger partial charge is 0.226 e. The first-order chi connectivity index (χ1) is 11.7. The van der Waals surface area contributed by atoms with Gasteiger partial charge in [-0.3, -0.25) is 4.79 Å². The van der Waals surface area contributed by atoms with Crippen LogP contribution in [0.25, 0.3) is 0 Å². The predicted octanol–water partition coefficient (Wildman–Crippen LogP) is 3.40. The summed E-state index contributed by atoms with van der Waals surface area (Å²) in [5.41, 5.74) is 2.51. The molecule has 2 aliphatic rings. The largest absolute Gasteiger partial charge is 0.381 e. The van der Waals surface area contributed by atoms with Crippen molar-refractivity contribution in [2.75, 3.05) is 26.4 Å². The molecule has 1 aromatic carbocycles. The van der Waals surface area contributed by atoms with Crippen molar-refractivity contribution in [3.05, 3.63) is 35.4 Å². The van der Waals surface area contributed by atoms with E-state index in [9.17, 15) is 4.79 Å². The third-order valence-electron chi connectivity index (χ3n) is 5.38. The van der Waals surface area contributed by atoms with Gasteiger partial charge in [-0.15, -0.1) is 0 Å². The average Bonchev–Trinajstić information content (AvgIpc) is 2.62. The SMILES string of the molecule is CC1(C(=O)NCCCOC2CCCc3ccccc32)CCOCC1. The number of carbonyl (C=O) groups excluding carboxylic acids is 1. The maximum Gasteiger partial charge on any atom is 0.226 e. The minimum atomic E-state index is -0.262. The normalized spacial score (nSPS) is 22.6. The Kier molecular flexibility index (Phi) is 5.90. The molecule has 0 radical (unpaired) electrons. The lowest BCUT2D eigenvalue weighted by Gasteiger charge is -2.32. The monoisotopic (exact) mass is 331 g/mol. The molecule has 0 saturated carbocycles. The van der Waals surface area contributed by atoms with Crippen LogP contribution in [-0.4, -0.2) is 32.3 Å². The van der Waals surface area contributed by atoms with Crippen molar-refractivity contribution in [1.29, 1.82) is 0 Å². The molecule has 1 aliphatic heterocycles. The molecule has 132 valence electrons. The second-order valence-electron chi connectivity index (χ2n) is 7.23. The fourth-order valence-electron chi connectivity index (χ4n) is 3.64. The molecule has 1 fully saturated rings. The van der Waals surface area contributed by atoms with Crippen molar-refractivity contribution < 1.29 is 14.3 Å². The summed E-state index contributed by atoms with van der Waals surface area (Å²) in [5.74, 6) is 0.161. The van der Waals surface area contributed by atoms with Crippen LogP contribution < -0.4 is 5.32 Å². The van der Waals surface area contributed by atoms with Crippen LogP contribution in [0.3, 0.4) is 0 Å². The molecule has 1 N–H and O–H groups in total. The van der Waals surface area contributed by atoms with Crippen molar-refractivity contribution in [1.82, 2.24) is 5.32 Å². The highest BCUT2D eigenvalue weighted by atomic mass is 16.5. The molecule has 24 heavy (non-hydrogen) atoms. The summed E-state index contributed by atoms with van der Waals surface area (Å²) in [4.78, 5) is 12.3. The van der Waals surface area contributed by atoms with E-state index in [-0.39, 0.29) is 17.4 Å². The number of rotatable bonds is 6. The van der Waals surface area contributed by atoms with Gasteiger partial charge in [0.25, 0.3) is 0 Å². The number of ether oxygens (including phenoxy) is 2. The van der Waals surface area contributed by atoms with Crippen LogP contribution in [0.5, 0.6) is 0 Å². The van der Waals surface area contributed by atoms with Crippen LogP contribution in [0.4, 0.5) is 0 Å². The maximum atomic E-state index is 12.3. The van der Waals surface area contributed by atoms with Gasteiger partial charge in [0.1, 0.15) is 0 Å². The summed E-state index contributed by atoms with van der Waals surface area (Å²) in [7, 11) is 0. The zero-order valence-electron chi connectivity index (χ0n) is 14.7. The van der Waals surface area contributed by atoms with Crippen LogP contribution >= 0.6 is 0 Å². The van der Waals surface area contributed by atoms with Gasteiger partial charge >= 0.3 is 0 Å². The maximum absolute atomic E-state index is 12.3. The first kappa shape index (κ1) is 17.4. The summed E-state index contributed by atoms with van der Waals surface area (Å²) in [6, 6.07) is 8.59. The lowest BCUT2D eigenvalue weighted by Crippen LogP contribution is -2.43. The lowest BCUT2D eigenvalue weighted by molar-refractivity contribution is -0.135. The summed E-state index contributed by atoms with van der Waals surface area (Å²) in [6.07, 6.45) is 6.16. The van der Waals surface area contributed by atoms with Gasteiger partial charge in [0.15, 0.2) is 0 Å². The molecule has 4 heteroatoms. The third-order valence-corrected chi connectivity index (χ3v) is 5.38. The fraction of sp³-hybridized carbons (Fsp3) is 0.650. The Morgan fingerprint density at radius 2 is 2.12 bits per heavy atom. The highest BCUT2D eigenvalue weighted by molar-refractivity contribution is 5.82. The molecule has 1 aromatic rings. The number of benzene rings is 1. The van der Waals surface area contributed by atoms with Gasteiger partial charge in [0.2, 0.25) is 5.91 Å². The lowest BCUT2D eigenvalue weighted by atomic mass is 9.81. The second-order valence-corrected chi connectivity index (χ2v) is 7.23. The average molecular weight is 331 g/mol. The van der Waals surface area contributed by atoms with E-state index in [1.54, 1.807) is 0 Å². The number of amides is 1. The molecular formula is C20H29NO3. The van der Waals surface area contributed by atoms with Crippen molar-refractivity contribution in [3.63, 3.8) is 0 Å². The molecule has 0 aromatic heterocycles. The van der Waals surface area contributed by atoms with Gasteiger partial charge in [0.05, 0.1) is 11.5 Å². The van der Waals surface area contributed by atoms with Crippen LogP contribution in [0, 0.1) is 5.41 Å². The van der Waals surface area contributed by atoms with E-state index in [1.165, 1.54) is 17.5 Å². The standard InChI is InChI=1S/C20H29NO3/c1-20(10-14-23-15-11-20)19(22)21-12-5-13-24-18-9-4-7-16-6-2-3-8-17(16)18/h2-3,6,8,18H,4-5,7,9-15H2,1H3,(H,21,22). The van der Waals surface area contributed by atoms with E-state index in [4.69, 9.17) is 9.47 Å². The minimum Gasteiger partial charge on any atom is -0.381 e. The molecule has 1 aliphatic carbocycles. The van der Waals surface area contributed by atoms with E-state index in [0.717, 1.165) is 32.1 Å². The molecule has 1 atom stereocenters. The van der Waals surface area contributed by atoms with Crippen molar-refractivity contribution >= 4 is 5.91 Å².